The Morgan fingerprint density at radius 1 is 1.12 bits per heavy atom. The van der Waals surface area contributed by atoms with Gasteiger partial charge in [-0.25, -0.2) is 4.39 Å². The topological polar surface area (TPSA) is 20.2 Å². The van der Waals surface area contributed by atoms with Crippen molar-refractivity contribution in [2.24, 2.45) is 0 Å². The van der Waals surface area contributed by atoms with Crippen LogP contribution in [-0.2, 0) is 0 Å². The molecule has 0 aliphatic carbocycles. The normalized spacial score (nSPS) is 12.5. The van der Waals surface area contributed by atoms with Crippen molar-refractivity contribution in [2.75, 3.05) is 0 Å². The average Bonchev–Trinajstić information content (AvgIpc) is 2.33. The predicted molar refractivity (Wildman–Crippen MR) is 69.3 cm³/mol. The zero-order valence-corrected chi connectivity index (χ0v) is 10.9. The van der Waals surface area contributed by atoms with Gasteiger partial charge in [0, 0.05) is 5.56 Å². The van der Waals surface area contributed by atoms with Gasteiger partial charge in [0.05, 0.1) is 4.47 Å². The second kappa shape index (κ2) is 4.98. The quantitative estimate of drug-likeness (QED) is 0.888. The molecule has 0 heterocycles. The van der Waals surface area contributed by atoms with Gasteiger partial charge in [0.1, 0.15) is 11.9 Å². The molecular weight excluding hydrogens is 283 g/mol. The molecular formula is C14H12BrFO. The molecule has 2 rings (SSSR count). The van der Waals surface area contributed by atoms with Crippen LogP contribution in [-0.4, -0.2) is 5.11 Å². The SMILES string of the molecule is Cc1ccc(C(O)c2cccc(Br)c2F)cc1. The Morgan fingerprint density at radius 3 is 2.41 bits per heavy atom. The maximum Gasteiger partial charge on any atom is 0.143 e. The minimum atomic E-state index is -0.937. The zero-order valence-electron chi connectivity index (χ0n) is 9.32. The molecule has 1 nitrogen and oxygen atoms in total. The van der Waals surface area contributed by atoms with Crippen LogP contribution >= 0.6 is 15.9 Å². The van der Waals surface area contributed by atoms with Crippen molar-refractivity contribution in [2.45, 2.75) is 13.0 Å². The van der Waals surface area contributed by atoms with Crippen LogP contribution in [0.15, 0.2) is 46.9 Å². The van der Waals surface area contributed by atoms with E-state index >= 15 is 0 Å². The van der Waals surface area contributed by atoms with Crippen LogP contribution < -0.4 is 0 Å². The summed E-state index contributed by atoms with van der Waals surface area (Å²) in [5.41, 5.74) is 2.08. The summed E-state index contributed by atoms with van der Waals surface area (Å²) in [5, 5.41) is 10.1. The lowest BCUT2D eigenvalue weighted by Gasteiger charge is -2.13. The standard InChI is InChI=1S/C14H12BrFO/c1-9-5-7-10(8-6-9)14(17)11-3-2-4-12(15)13(11)16/h2-8,14,17H,1H3. The first kappa shape index (κ1) is 12.3. The third-order valence-corrected chi connectivity index (χ3v) is 3.28. The molecule has 0 spiro atoms. The fraction of sp³-hybridized carbons (Fsp3) is 0.143. The molecule has 0 amide bonds. The van der Waals surface area contributed by atoms with Crippen molar-refractivity contribution < 1.29 is 9.50 Å². The summed E-state index contributed by atoms with van der Waals surface area (Å²) in [4.78, 5) is 0. The van der Waals surface area contributed by atoms with Crippen molar-refractivity contribution in [3.8, 4) is 0 Å². The summed E-state index contributed by atoms with van der Waals surface area (Å²) >= 11 is 3.11. The zero-order chi connectivity index (χ0) is 12.4. The summed E-state index contributed by atoms with van der Waals surface area (Å²) in [6.45, 7) is 1.97. The molecule has 2 aromatic carbocycles. The summed E-state index contributed by atoms with van der Waals surface area (Å²) in [6, 6.07) is 12.3. The highest BCUT2D eigenvalue weighted by molar-refractivity contribution is 9.10. The number of aliphatic hydroxyl groups is 1. The first-order chi connectivity index (χ1) is 8.09. The summed E-state index contributed by atoms with van der Waals surface area (Å²) in [6.07, 6.45) is -0.937. The van der Waals surface area contributed by atoms with Crippen LogP contribution in [0.2, 0.25) is 0 Å². The Labute approximate surface area is 108 Å². The lowest BCUT2D eigenvalue weighted by atomic mass is 10.0. The summed E-state index contributed by atoms with van der Waals surface area (Å²) < 4.78 is 14.2. The van der Waals surface area contributed by atoms with Gasteiger partial charge in [-0.1, -0.05) is 42.0 Å². The Morgan fingerprint density at radius 2 is 1.76 bits per heavy atom. The number of hydrogen-bond acceptors (Lipinski definition) is 1. The lowest BCUT2D eigenvalue weighted by molar-refractivity contribution is 0.214. The van der Waals surface area contributed by atoms with Crippen molar-refractivity contribution >= 4 is 15.9 Å². The second-order valence-electron chi connectivity index (χ2n) is 3.96. The smallest absolute Gasteiger partial charge is 0.143 e. The average molecular weight is 295 g/mol. The number of hydrogen-bond donors (Lipinski definition) is 1. The minimum Gasteiger partial charge on any atom is -0.384 e. The first-order valence-corrected chi connectivity index (χ1v) is 6.07. The molecule has 88 valence electrons. The number of benzene rings is 2. The molecule has 0 radical (unpaired) electrons. The fourth-order valence-corrected chi connectivity index (χ4v) is 2.04. The maximum absolute atomic E-state index is 13.8. The Bertz CT molecular complexity index is 522. The van der Waals surface area contributed by atoms with Gasteiger partial charge in [-0.2, -0.15) is 0 Å². The molecule has 1 N–H and O–H groups in total. The Hall–Kier alpha value is -1.19. The first-order valence-electron chi connectivity index (χ1n) is 5.28. The molecule has 0 saturated heterocycles. The molecule has 0 saturated carbocycles. The molecule has 0 fully saturated rings. The van der Waals surface area contributed by atoms with E-state index in [0.717, 1.165) is 5.56 Å². The fourth-order valence-electron chi connectivity index (χ4n) is 1.66. The monoisotopic (exact) mass is 294 g/mol. The number of aliphatic hydroxyl groups excluding tert-OH is 1. The van der Waals surface area contributed by atoms with Crippen LogP contribution in [0.5, 0.6) is 0 Å². The Kier molecular flexibility index (Phi) is 3.60. The molecule has 0 aliphatic rings. The highest BCUT2D eigenvalue weighted by Gasteiger charge is 2.16. The molecule has 1 unspecified atom stereocenters. The second-order valence-corrected chi connectivity index (χ2v) is 4.81. The van der Waals surface area contributed by atoms with Crippen LogP contribution in [0.1, 0.15) is 22.8 Å². The van der Waals surface area contributed by atoms with E-state index in [1.165, 1.54) is 0 Å². The molecule has 17 heavy (non-hydrogen) atoms. The minimum absolute atomic E-state index is 0.281. The molecule has 3 heteroatoms. The van der Waals surface area contributed by atoms with Gasteiger partial charge >= 0.3 is 0 Å². The molecule has 1 atom stereocenters. The molecule has 2 aromatic rings. The third-order valence-electron chi connectivity index (χ3n) is 2.67. The largest absolute Gasteiger partial charge is 0.384 e. The van der Waals surface area contributed by atoms with Crippen LogP contribution in [0.4, 0.5) is 4.39 Å². The van der Waals surface area contributed by atoms with Gasteiger partial charge < -0.3 is 5.11 Å². The van der Waals surface area contributed by atoms with E-state index in [0.29, 0.717) is 10.0 Å². The number of aryl methyl sites for hydroxylation is 1. The highest BCUT2D eigenvalue weighted by Crippen LogP contribution is 2.28. The van der Waals surface area contributed by atoms with Gasteiger partial charge in [-0.3, -0.25) is 0 Å². The Balaban J connectivity index is 2.40. The van der Waals surface area contributed by atoms with Crippen molar-refractivity contribution in [1.29, 1.82) is 0 Å². The van der Waals surface area contributed by atoms with Gasteiger partial charge in [0.15, 0.2) is 0 Å². The van der Waals surface area contributed by atoms with Crippen LogP contribution in [0.25, 0.3) is 0 Å². The van der Waals surface area contributed by atoms with E-state index in [1.54, 1.807) is 30.3 Å². The number of rotatable bonds is 2. The molecule has 0 aromatic heterocycles. The number of halogens is 2. The van der Waals surface area contributed by atoms with Gasteiger partial charge in [-0.15, -0.1) is 0 Å². The van der Waals surface area contributed by atoms with Crippen molar-refractivity contribution in [1.82, 2.24) is 0 Å². The van der Waals surface area contributed by atoms with E-state index in [2.05, 4.69) is 15.9 Å². The van der Waals surface area contributed by atoms with Gasteiger partial charge in [0.2, 0.25) is 0 Å². The highest BCUT2D eigenvalue weighted by atomic mass is 79.9. The molecule has 0 aliphatic heterocycles. The lowest BCUT2D eigenvalue weighted by Crippen LogP contribution is -2.02. The maximum atomic E-state index is 13.8. The molecule has 0 bridgehead atoms. The van der Waals surface area contributed by atoms with Crippen LogP contribution in [0.3, 0.4) is 0 Å². The van der Waals surface area contributed by atoms with E-state index in [9.17, 15) is 9.50 Å². The van der Waals surface area contributed by atoms with Crippen molar-refractivity contribution in [3.63, 3.8) is 0 Å². The van der Waals surface area contributed by atoms with E-state index < -0.39 is 11.9 Å². The summed E-state index contributed by atoms with van der Waals surface area (Å²) in [7, 11) is 0. The summed E-state index contributed by atoms with van der Waals surface area (Å²) in [5.74, 6) is -0.416. The van der Waals surface area contributed by atoms with E-state index in [1.807, 2.05) is 19.1 Å². The van der Waals surface area contributed by atoms with E-state index in [4.69, 9.17) is 0 Å². The van der Waals surface area contributed by atoms with E-state index in [-0.39, 0.29) is 5.56 Å². The van der Waals surface area contributed by atoms with Crippen molar-refractivity contribution in [3.05, 3.63) is 69.4 Å². The predicted octanol–water partition coefficient (Wildman–Crippen LogP) is 3.98. The van der Waals surface area contributed by atoms with Gasteiger partial charge in [-0.05, 0) is 34.5 Å². The van der Waals surface area contributed by atoms with Crippen LogP contribution in [0, 0.1) is 12.7 Å². The third kappa shape index (κ3) is 2.56. The van der Waals surface area contributed by atoms with Gasteiger partial charge in [0.25, 0.3) is 0 Å².